The van der Waals surface area contributed by atoms with E-state index in [-0.39, 0.29) is 18.8 Å². The van der Waals surface area contributed by atoms with Gasteiger partial charge in [0.25, 0.3) is 17.7 Å². The Bertz CT molecular complexity index is 987. The number of hydrogen-bond acceptors (Lipinski definition) is 5. The van der Waals surface area contributed by atoms with Crippen molar-refractivity contribution in [2.45, 2.75) is 6.92 Å². The molecule has 3 rings (SSSR count). The monoisotopic (exact) mass is 399 g/mol. The molecule has 3 N–H and O–H groups in total. The number of para-hydroxylation sites is 1. The number of anilines is 2. The molecule has 28 heavy (non-hydrogen) atoms. The van der Waals surface area contributed by atoms with Crippen LogP contribution in [0.25, 0.3) is 0 Å². The van der Waals surface area contributed by atoms with Gasteiger partial charge >= 0.3 is 0 Å². The first kappa shape index (κ1) is 19.6. The molecule has 0 saturated heterocycles. The van der Waals surface area contributed by atoms with E-state index in [0.29, 0.717) is 22.0 Å². The summed E-state index contributed by atoms with van der Waals surface area (Å²) in [5.74, 6) is -1.47. The maximum atomic E-state index is 12.7. The molecule has 144 valence electrons. The van der Waals surface area contributed by atoms with Crippen molar-refractivity contribution in [3.05, 3.63) is 70.4 Å². The molecule has 0 aromatic heterocycles. The molecule has 1 aliphatic heterocycles. The Morgan fingerprint density at radius 3 is 2.64 bits per heavy atom. The van der Waals surface area contributed by atoms with E-state index in [9.17, 15) is 14.4 Å². The number of rotatable bonds is 6. The van der Waals surface area contributed by atoms with Crippen molar-refractivity contribution in [3.63, 3.8) is 0 Å². The molecule has 0 atom stereocenters. The maximum absolute atomic E-state index is 12.7. The zero-order valence-electron chi connectivity index (χ0n) is 15.0. The SMILES string of the molecule is Cc1ccc(NC(=O)c2ccccc2NC2=CC(=O)N(CCO)C2=O)cc1Cl. The fourth-order valence-corrected chi connectivity index (χ4v) is 2.89. The highest BCUT2D eigenvalue weighted by Crippen LogP contribution is 2.24. The van der Waals surface area contributed by atoms with E-state index in [1.807, 2.05) is 6.92 Å². The van der Waals surface area contributed by atoms with E-state index in [4.69, 9.17) is 16.7 Å². The van der Waals surface area contributed by atoms with Crippen LogP contribution in [0.5, 0.6) is 0 Å². The Balaban J connectivity index is 1.80. The number of benzene rings is 2. The van der Waals surface area contributed by atoms with Gasteiger partial charge in [-0.2, -0.15) is 0 Å². The maximum Gasteiger partial charge on any atom is 0.277 e. The number of carbonyl (C=O) groups excluding carboxylic acids is 3. The first-order chi connectivity index (χ1) is 13.4. The molecule has 3 amide bonds. The van der Waals surface area contributed by atoms with Crippen LogP contribution in [-0.2, 0) is 9.59 Å². The van der Waals surface area contributed by atoms with Crippen LogP contribution in [0.4, 0.5) is 11.4 Å². The van der Waals surface area contributed by atoms with Gasteiger partial charge in [0, 0.05) is 16.8 Å². The molecule has 0 aliphatic carbocycles. The van der Waals surface area contributed by atoms with Crippen molar-refractivity contribution in [3.8, 4) is 0 Å². The van der Waals surface area contributed by atoms with Gasteiger partial charge in [0.2, 0.25) is 0 Å². The highest BCUT2D eigenvalue weighted by molar-refractivity contribution is 6.31. The summed E-state index contributed by atoms with van der Waals surface area (Å²) in [6.45, 7) is 1.45. The number of amides is 3. The minimum Gasteiger partial charge on any atom is -0.395 e. The van der Waals surface area contributed by atoms with Gasteiger partial charge in [-0.25, -0.2) is 0 Å². The van der Waals surface area contributed by atoms with Gasteiger partial charge in [0.15, 0.2) is 0 Å². The lowest BCUT2D eigenvalue weighted by molar-refractivity contribution is -0.137. The number of aliphatic hydroxyl groups excluding tert-OH is 1. The first-order valence-corrected chi connectivity index (χ1v) is 8.90. The van der Waals surface area contributed by atoms with Crippen molar-refractivity contribution >= 4 is 40.7 Å². The third-order valence-electron chi connectivity index (χ3n) is 4.20. The van der Waals surface area contributed by atoms with Crippen molar-refractivity contribution < 1.29 is 19.5 Å². The molecule has 8 heteroatoms. The lowest BCUT2D eigenvalue weighted by atomic mass is 10.1. The number of nitrogens with one attached hydrogen (secondary N) is 2. The first-order valence-electron chi connectivity index (χ1n) is 8.52. The highest BCUT2D eigenvalue weighted by Gasteiger charge is 2.31. The number of carbonyl (C=O) groups is 3. The number of halogens is 1. The van der Waals surface area contributed by atoms with Crippen molar-refractivity contribution in [2.24, 2.45) is 0 Å². The Labute approximate surface area is 166 Å². The Hall–Kier alpha value is -3.16. The summed E-state index contributed by atoms with van der Waals surface area (Å²) >= 11 is 6.09. The minimum atomic E-state index is -0.556. The predicted octanol–water partition coefficient (Wildman–Crippen LogP) is 2.56. The van der Waals surface area contributed by atoms with Crippen molar-refractivity contribution in [1.82, 2.24) is 4.90 Å². The van der Waals surface area contributed by atoms with Gasteiger partial charge in [-0.1, -0.05) is 29.8 Å². The topological polar surface area (TPSA) is 98.7 Å². The quantitative estimate of drug-likeness (QED) is 0.648. The Kier molecular flexibility index (Phi) is 5.77. The summed E-state index contributed by atoms with van der Waals surface area (Å²) in [6.07, 6.45) is 1.15. The zero-order chi connectivity index (χ0) is 20.3. The Morgan fingerprint density at radius 2 is 1.93 bits per heavy atom. The lowest BCUT2D eigenvalue weighted by Crippen LogP contribution is -2.34. The molecule has 0 bridgehead atoms. The summed E-state index contributed by atoms with van der Waals surface area (Å²) in [6, 6.07) is 11.8. The van der Waals surface area contributed by atoms with E-state index in [0.717, 1.165) is 16.5 Å². The van der Waals surface area contributed by atoms with Crippen LogP contribution in [0.2, 0.25) is 5.02 Å². The third kappa shape index (κ3) is 4.05. The van der Waals surface area contributed by atoms with E-state index in [1.165, 1.54) is 0 Å². The molecule has 2 aromatic rings. The van der Waals surface area contributed by atoms with Gasteiger partial charge in [-0.3, -0.25) is 19.3 Å². The summed E-state index contributed by atoms with van der Waals surface area (Å²) in [5.41, 5.74) is 2.14. The Morgan fingerprint density at radius 1 is 1.18 bits per heavy atom. The average molecular weight is 400 g/mol. The minimum absolute atomic E-state index is 0.0390. The van der Waals surface area contributed by atoms with Crippen LogP contribution in [-0.4, -0.2) is 40.9 Å². The molecular weight excluding hydrogens is 382 g/mol. The summed E-state index contributed by atoms with van der Waals surface area (Å²) in [5, 5.41) is 15.1. The van der Waals surface area contributed by atoms with E-state index < -0.39 is 17.7 Å². The molecule has 2 aromatic carbocycles. The van der Waals surface area contributed by atoms with Gasteiger partial charge in [0.1, 0.15) is 5.70 Å². The van der Waals surface area contributed by atoms with Gasteiger partial charge in [0.05, 0.1) is 24.4 Å². The number of aliphatic hydroxyl groups is 1. The van der Waals surface area contributed by atoms with E-state index in [1.54, 1.807) is 42.5 Å². The van der Waals surface area contributed by atoms with Gasteiger partial charge in [-0.15, -0.1) is 0 Å². The van der Waals surface area contributed by atoms with Gasteiger partial charge < -0.3 is 15.7 Å². The second-order valence-corrected chi connectivity index (χ2v) is 6.57. The number of β-amino-alcohol motifs (C(OH)–C–C–N with tert-alkyl or cyclic N) is 1. The van der Waals surface area contributed by atoms with E-state index in [2.05, 4.69) is 10.6 Å². The number of hydrogen-bond donors (Lipinski definition) is 3. The van der Waals surface area contributed by atoms with Crippen LogP contribution < -0.4 is 10.6 Å². The normalized spacial score (nSPS) is 13.5. The molecule has 0 fully saturated rings. The van der Waals surface area contributed by atoms with Crippen LogP contribution in [0.1, 0.15) is 15.9 Å². The molecule has 0 unspecified atom stereocenters. The number of imide groups is 1. The summed E-state index contributed by atoms with van der Waals surface area (Å²) < 4.78 is 0. The van der Waals surface area contributed by atoms with Crippen molar-refractivity contribution in [1.29, 1.82) is 0 Å². The standard InChI is InChI=1S/C20H18ClN3O4/c1-12-6-7-13(10-15(12)21)22-19(27)14-4-2-3-5-16(14)23-17-11-18(26)24(8-9-25)20(17)28/h2-7,10-11,23,25H,8-9H2,1H3,(H,22,27). The highest BCUT2D eigenvalue weighted by atomic mass is 35.5. The second kappa shape index (κ2) is 8.24. The van der Waals surface area contributed by atoms with Crippen molar-refractivity contribution in [2.75, 3.05) is 23.8 Å². The third-order valence-corrected chi connectivity index (χ3v) is 4.61. The van der Waals surface area contributed by atoms with Crippen LogP contribution in [0.15, 0.2) is 54.2 Å². The molecule has 0 radical (unpaired) electrons. The molecule has 1 aliphatic rings. The molecular formula is C20H18ClN3O4. The van der Waals surface area contributed by atoms with E-state index >= 15 is 0 Å². The fourth-order valence-electron chi connectivity index (χ4n) is 2.71. The summed E-state index contributed by atoms with van der Waals surface area (Å²) in [7, 11) is 0. The number of nitrogens with zero attached hydrogens (tertiary/aromatic N) is 1. The largest absolute Gasteiger partial charge is 0.395 e. The molecule has 7 nitrogen and oxygen atoms in total. The van der Waals surface area contributed by atoms with Crippen LogP contribution in [0, 0.1) is 6.92 Å². The molecule has 0 saturated carbocycles. The second-order valence-electron chi connectivity index (χ2n) is 6.17. The zero-order valence-corrected chi connectivity index (χ0v) is 15.8. The molecule has 0 spiro atoms. The average Bonchev–Trinajstić information content (AvgIpc) is 2.93. The lowest BCUT2D eigenvalue weighted by Gasteiger charge is -2.15. The fraction of sp³-hybridized carbons (Fsp3) is 0.150. The number of aryl methyl sites for hydroxylation is 1. The smallest absolute Gasteiger partial charge is 0.277 e. The predicted molar refractivity (Wildman–Crippen MR) is 106 cm³/mol. The van der Waals surface area contributed by atoms with Crippen LogP contribution >= 0.6 is 11.6 Å². The van der Waals surface area contributed by atoms with Gasteiger partial charge in [-0.05, 0) is 36.8 Å². The summed E-state index contributed by atoms with van der Waals surface area (Å²) in [4.78, 5) is 37.8. The molecule has 1 heterocycles. The van der Waals surface area contributed by atoms with Crippen LogP contribution in [0.3, 0.4) is 0 Å².